The van der Waals surface area contributed by atoms with E-state index in [1.807, 2.05) is 12.1 Å². The molecular formula is C28H31F3N2O4. The SMILES string of the molecule is CC(C)(C(=O)O)C1CCC2CC(c3ccc(NC(=O)Nc4cccc(C(F)(F)F)c4)cc3)CCC2C1=O. The lowest BCUT2D eigenvalue weighted by Crippen LogP contribution is -2.46. The molecule has 2 fully saturated rings. The van der Waals surface area contributed by atoms with Gasteiger partial charge < -0.3 is 15.7 Å². The van der Waals surface area contributed by atoms with Gasteiger partial charge in [0.05, 0.1) is 11.0 Å². The van der Waals surface area contributed by atoms with Crippen molar-refractivity contribution in [2.75, 3.05) is 10.6 Å². The number of fused-ring (bicyclic) bond motifs is 1. The van der Waals surface area contributed by atoms with Crippen LogP contribution in [0.5, 0.6) is 0 Å². The summed E-state index contributed by atoms with van der Waals surface area (Å²) in [6.45, 7) is 3.28. The predicted molar refractivity (Wildman–Crippen MR) is 133 cm³/mol. The van der Waals surface area contributed by atoms with Crippen LogP contribution in [0.3, 0.4) is 0 Å². The number of rotatable bonds is 5. The molecule has 0 saturated heterocycles. The Bertz CT molecular complexity index is 1180. The number of nitrogens with one attached hydrogen (secondary N) is 2. The maximum absolute atomic E-state index is 13.1. The zero-order valence-electron chi connectivity index (χ0n) is 20.8. The number of amides is 2. The molecule has 2 aliphatic carbocycles. The highest BCUT2D eigenvalue weighted by Crippen LogP contribution is 2.49. The number of carboxylic acid groups (broad SMARTS) is 1. The smallest absolute Gasteiger partial charge is 0.416 e. The summed E-state index contributed by atoms with van der Waals surface area (Å²) in [5, 5.41) is 14.6. The van der Waals surface area contributed by atoms with E-state index in [1.165, 1.54) is 12.1 Å². The molecule has 6 nitrogen and oxygen atoms in total. The quantitative estimate of drug-likeness (QED) is 0.401. The Morgan fingerprint density at radius 3 is 2.24 bits per heavy atom. The fraction of sp³-hybridized carbons (Fsp3) is 0.464. The van der Waals surface area contributed by atoms with E-state index in [1.54, 1.807) is 26.0 Å². The summed E-state index contributed by atoms with van der Waals surface area (Å²) in [4.78, 5) is 37.1. The van der Waals surface area contributed by atoms with Crippen LogP contribution in [0.15, 0.2) is 48.5 Å². The molecule has 4 unspecified atom stereocenters. The number of anilines is 2. The molecule has 198 valence electrons. The Kier molecular flexibility index (Phi) is 7.35. The summed E-state index contributed by atoms with van der Waals surface area (Å²) in [5.74, 6) is -0.873. The molecule has 2 aliphatic rings. The highest BCUT2D eigenvalue weighted by molar-refractivity contribution is 5.99. The molecule has 2 amide bonds. The number of urea groups is 1. The Morgan fingerprint density at radius 2 is 1.59 bits per heavy atom. The van der Waals surface area contributed by atoms with Crippen molar-refractivity contribution >= 4 is 29.2 Å². The van der Waals surface area contributed by atoms with Gasteiger partial charge >= 0.3 is 18.2 Å². The Morgan fingerprint density at radius 1 is 0.919 bits per heavy atom. The first-order valence-electron chi connectivity index (χ1n) is 12.5. The normalized spacial score (nSPS) is 24.2. The standard InChI is InChI=1S/C28H31F3N2O4/c1-27(2,25(35)36)23-13-9-18-14-17(8-12-22(18)24(23)34)16-6-10-20(11-7-16)32-26(37)33-21-5-3-4-19(15-21)28(29,30)31/h3-7,10-11,15,17-18,22-23H,8-9,12-14H2,1-2H3,(H,35,36)(H2,32,33,37). The van der Waals surface area contributed by atoms with Gasteiger partial charge in [-0.25, -0.2) is 4.79 Å². The molecule has 0 aromatic heterocycles. The van der Waals surface area contributed by atoms with Crippen LogP contribution < -0.4 is 10.6 Å². The predicted octanol–water partition coefficient (Wildman–Crippen LogP) is 6.94. The third kappa shape index (κ3) is 5.81. The fourth-order valence-electron chi connectivity index (χ4n) is 5.81. The summed E-state index contributed by atoms with van der Waals surface area (Å²) < 4.78 is 38.6. The summed E-state index contributed by atoms with van der Waals surface area (Å²) in [5.41, 5.74) is -0.257. The molecule has 37 heavy (non-hydrogen) atoms. The van der Waals surface area contributed by atoms with Gasteiger partial charge in [0, 0.05) is 23.2 Å². The molecule has 0 aliphatic heterocycles. The lowest BCUT2D eigenvalue weighted by atomic mass is 9.59. The molecule has 0 bridgehead atoms. The van der Waals surface area contributed by atoms with Gasteiger partial charge in [0.1, 0.15) is 5.78 Å². The molecule has 4 atom stereocenters. The number of carbonyl (C=O) groups excluding carboxylic acids is 2. The van der Waals surface area contributed by atoms with Crippen molar-refractivity contribution in [1.29, 1.82) is 0 Å². The van der Waals surface area contributed by atoms with E-state index < -0.39 is 35.1 Å². The summed E-state index contributed by atoms with van der Waals surface area (Å²) in [7, 11) is 0. The van der Waals surface area contributed by atoms with Crippen LogP contribution in [0.1, 0.15) is 63.0 Å². The lowest BCUT2D eigenvalue weighted by Gasteiger charge is -2.44. The second-order valence-corrected chi connectivity index (χ2v) is 10.7. The van der Waals surface area contributed by atoms with E-state index in [0.717, 1.165) is 43.4 Å². The molecular weight excluding hydrogens is 485 g/mol. The Hall–Kier alpha value is -3.36. The van der Waals surface area contributed by atoms with E-state index in [-0.39, 0.29) is 29.2 Å². The van der Waals surface area contributed by atoms with E-state index in [0.29, 0.717) is 12.1 Å². The second-order valence-electron chi connectivity index (χ2n) is 10.7. The number of carbonyl (C=O) groups is 3. The number of Topliss-reactive ketones (excluding diaryl/α,β-unsaturated/α-hetero) is 1. The van der Waals surface area contributed by atoms with Crippen molar-refractivity contribution in [2.24, 2.45) is 23.2 Å². The average Bonchev–Trinajstić information content (AvgIpc) is 2.84. The molecule has 2 saturated carbocycles. The highest BCUT2D eigenvalue weighted by atomic mass is 19.4. The molecule has 0 radical (unpaired) electrons. The Balaban J connectivity index is 1.34. The summed E-state index contributed by atoms with van der Waals surface area (Å²) >= 11 is 0. The first-order valence-corrected chi connectivity index (χ1v) is 12.5. The first kappa shape index (κ1) is 26.7. The van der Waals surface area contributed by atoms with E-state index in [9.17, 15) is 32.7 Å². The molecule has 4 rings (SSSR count). The van der Waals surface area contributed by atoms with Crippen LogP contribution in [0.2, 0.25) is 0 Å². The van der Waals surface area contributed by atoms with Gasteiger partial charge in [-0.15, -0.1) is 0 Å². The minimum Gasteiger partial charge on any atom is -0.481 e. The number of hydrogen-bond acceptors (Lipinski definition) is 3. The molecule has 9 heteroatoms. The van der Waals surface area contributed by atoms with Crippen LogP contribution in [-0.4, -0.2) is 22.9 Å². The topological polar surface area (TPSA) is 95.5 Å². The van der Waals surface area contributed by atoms with Crippen molar-refractivity contribution < 1.29 is 32.7 Å². The van der Waals surface area contributed by atoms with E-state index in [2.05, 4.69) is 10.6 Å². The number of ketones is 1. The molecule has 2 aromatic rings. The lowest BCUT2D eigenvalue weighted by molar-refractivity contribution is -0.157. The van der Waals surface area contributed by atoms with Crippen molar-refractivity contribution in [2.45, 2.75) is 58.0 Å². The van der Waals surface area contributed by atoms with Gasteiger partial charge in [-0.3, -0.25) is 9.59 Å². The largest absolute Gasteiger partial charge is 0.481 e. The van der Waals surface area contributed by atoms with Gasteiger partial charge in [-0.1, -0.05) is 18.2 Å². The number of halogens is 3. The van der Waals surface area contributed by atoms with Gasteiger partial charge in [0.15, 0.2) is 0 Å². The molecule has 0 heterocycles. The zero-order chi connectivity index (χ0) is 27.0. The number of alkyl halides is 3. The van der Waals surface area contributed by atoms with Crippen LogP contribution in [0, 0.1) is 23.2 Å². The van der Waals surface area contributed by atoms with Crippen molar-refractivity contribution in [3.8, 4) is 0 Å². The van der Waals surface area contributed by atoms with Gasteiger partial charge in [-0.05, 0) is 93.7 Å². The minimum atomic E-state index is -4.50. The van der Waals surface area contributed by atoms with Crippen molar-refractivity contribution in [3.05, 3.63) is 59.7 Å². The van der Waals surface area contributed by atoms with Gasteiger partial charge in [-0.2, -0.15) is 13.2 Å². The maximum Gasteiger partial charge on any atom is 0.416 e. The minimum absolute atomic E-state index is 0.0386. The van der Waals surface area contributed by atoms with Crippen LogP contribution in [-0.2, 0) is 15.8 Å². The Labute approximate surface area is 213 Å². The van der Waals surface area contributed by atoms with Crippen LogP contribution >= 0.6 is 0 Å². The number of benzene rings is 2. The van der Waals surface area contributed by atoms with Gasteiger partial charge in [0.2, 0.25) is 0 Å². The van der Waals surface area contributed by atoms with E-state index in [4.69, 9.17) is 0 Å². The first-order chi connectivity index (χ1) is 17.4. The third-order valence-corrected chi connectivity index (χ3v) is 8.03. The monoisotopic (exact) mass is 516 g/mol. The molecule has 0 spiro atoms. The highest BCUT2D eigenvalue weighted by Gasteiger charge is 2.49. The van der Waals surface area contributed by atoms with Crippen LogP contribution in [0.4, 0.5) is 29.3 Å². The number of aliphatic carboxylic acids is 1. The number of carboxylic acids is 1. The molecule has 2 aromatic carbocycles. The van der Waals surface area contributed by atoms with Crippen molar-refractivity contribution in [3.63, 3.8) is 0 Å². The second kappa shape index (κ2) is 10.2. The fourth-order valence-corrected chi connectivity index (χ4v) is 5.81. The number of hydrogen-bond donors (Lipinski definition) is 3. The maximum atomic E-state index is 13.1. The van der Waals surface area contributed by atoms with Gasteiger partial charge in [0.25, 0.3) is 0 Å². The van der Waals surface area contributed by atoms with Crippen LogP contribution in [0.25, 0.3) is 0 Å². The summed E-state index contributed by atoms with van der Waals surface area (Å²) in [6.07, 6.45) is -0.639. The average molecular weight is 517 g/mol. The van der Waals surface area contributed by atoms with E-state index >= 15 is 0 Å². The third-order valence-electron chi connectivity index (χ3n) is 8.03. The summed E-state index contributed by atoms with van der Waals surface area (Å²) in [6, 6.07) is 11.1. The zero-order valence-corrected chi connectivity index (χ0v) is 20.8. The molecule has 3 N–H and O–H groups in total. The van der Waals surface area contributed by atoms with Crippen molar-refractivity contribution in [1.82, 2.24) is 0 Å².